The van der Waals surface area contributed by atoms with Gasteiger partial charge in [0.15, 0.2) is 5.78 Å². The predicted octanol–water partition coefficient (Wildman–Crippen LogP) is 5.70. The Morgan fingerprint density at radius 3 is 2.29 bits per heavy atom. The third kappa shape index (κ3) is 4.47. The number of allylic oxidation sites excluding steroid dienone is 1. The van der Waals surface area contributed by atoms with Crippen LogP contribution in [-0.4, -0.2) is 30.5 Å². The largest absolute Gasteiger partial charge is 0.497 e. The van der Waals surface area contributed by atoms with Crippen molar-refractivity contribution in [2.75, 3.05) is 12.0 Å². The molecule has 3 aromatic carbocycles. The van der Waals surface area contributed by atoms with Crippen molar-refractivity contribution in [3.63, 3.8) is 0 Å². The predicted molar refractivity (Wildman–Crippen MR) is 134 cm³/mol. The number of amides is 2. The van der Waals surface area contributed by atoms with Gasteiger partial charge in [0, 0.05) is 11.1 Å². The van der Waals surface area contributed by atoms with Gasteiger partial charge in [-0.05, 0) is 50.6 Å². The summed E-state index contributed by atoms with van der Waals surface area (Å²) < 4.78 is 11.0. The van der Waals surface area contributed by atoms with Crippen molar-refractivity contribution < 1.29 is 23.9 Å². The first-order chi connectivity index (χ1) is 16.7. The molecule has 1 heterocycles. The number of anilines is 1. The zero-order chi connectivity index (χ0) is 25.2. The molecule has 0 N–H and O–H groups in total. The Morgan fingerprint density at radius 2 is 1.60 bits per heavy atom. The minimum Gasteiger partial charge on any atom is -0.497 e. The summed E-state index contributed by atoms with van der Waals surface area (Å²) in [4.78, 5) is 41.4. The van der Waals surface area contributed by atoms with E-state index < -0.39 is 23.0 Å². The molecular formula is C29H27NO5. The molecule has 1 aliphatic heterocycles. The first kappa shape index (κ1) is 24.0. The number of ether oxygens (including phenoxy) is 2. The number of carbonyl (C=O) groups is 3. The molecule has 0 spiro atoms. The van der Waals surface area contributed by atoms with E-state index in [2.05, 4.69) is 0 Å². The average molecular weight is 470 g/mol. The molecule has 0 aromatic heterocycles. The van der Waals surface area contributed by atoms with Crippen LogP contribution in [0.1, 0.15) is 42.3 Å². The van der Waals surface area contributed by atoms with Crippen LogP contribution in [0.5, 0.6) is 5.75 Å². The van der Waals surface area contributed by atoms with E-state index in [4.69, 9.17) is 9.47 Å². The third-order valence-corrected chi connectivity index (χ3v) is 5.75. The number of rotatable bonds is 5. The zero-order valence-corrected chi connectivity index (χ0v) is 20.1. The lowest BCUT2D eigenvalue weighted by atomic mass is 9.74. The molecule has 1 atom stereocenters. The number of methoxy groups -OCH3 is 1. The number of benzene rings is 3. The van der Waals surface area contributed by atoms with Gasteiger partial charge in [-0.25, -0.2) is 9.69 Å². The SMILES string of the molecule is COc1cccc([C@]2(/C=C\C(=O)c3ccccc3)C(=O)N(C(=O)OC(C)(C)C)c3ccccc32)c1. The van der Waals surface area contributed by atoms with Crippen molar-refractivity contribution in [3.8, 4) is 5.75 Å². The molecule has 0 fully saturated rings. The van der Waals surface area contributed by atoms with Gasteiger partial charge >= 0.3 is 6.09 Å². The quantitative estimate of drug-likeness (QED) is 0.354. The molecule has 0 bridgehead atoms. The van der Waals surface area contributed by atoms with Crippen LogP contribution in [0.25, 0.3) is 0 Å². The molecule has 0 saturated heterocycles. The molecule has 0 aliphatic carbocycles. The van der Waals surface area contributed by atoms with E-state index in [1.54, 1.807) is 99.6 Å². The topological polar surface area (TPSA) is 72.9 Å². The molecule has 0 unspecified atom stereocenters. The van der Waals surface area contributed by atoms with Gasteiger partial charge in [-0.15, -0.1) is 0 Å². The second-order valence-corrected chi connectivity index (χ2v) is 9.24. The van der Waals surface area contributed by atoms with E-state index in [0.717, 1.165) is 4.90 Å². The minimum atomic E-state index is -1.44. The maximum absolute atomic E-state index is 14.2. The fourth-order valence-corrected chi connectivity index (χ4v) is 4.20. The van der Waals surface area contributed by atoms with Crippen molar-refractivity contribution in [3.05, 3.63) is 108 Å². The van der Waals surface area contributed by atoms with Crippen molar-refractivity contribution in [1.29, 1.82) is 0 Å². The molecule has 1 aliphatic rings. The number of carbonyl (C=O) groups excluding carboxylic acids is 3. The second kappa shape index (κ2) is 9.22. The van der Waals surface area contributed by atoms with Crippen LogP contribution >= 0.6 is 0 Å². The Hall–Kier alpha value is -4.19. The number of fused-ring (bicyclic) bond motifs is 1. The number of nitrogens with zero attached hydrogens (tertiary/aromatic N) is 1. The van der Waals surface area contributed by atoms with Gasteiger partial charge in [0.1, 0.15) is 16.8 Å². The normalized spacial score (nSPS) is 17.4. The highest BCUT2D eigenvalue weighted by Gasteiger charge is 2.53. The highest BCUT2D eigenvalue weighted by atomic mass is 16.6. The first-order valence-electron chi connectivity index (χ1n) is 11.3. The Kier molecular flexibility index (Phi) is 6.31. The van der Waals surface area contributed by atoms with Gasteiger partial charge in [-0.2, -0.15) is 0 Å². The number of imide groups is 1. The van der Waals surface area contributed by atoms with Crippen LogP contribution in [0.2, 0.25) is 0 Å². The van der Waals surface area contributed by atoms with Gasteiger partial charge in [0.05, 0.1) is 12.8 Å². The summed E-state index contributed by atoms with van der Waals surface area (Å²) in [7, 11) is 1.54. The molecular weight excluding hydrogens is 442 g/mol. The summed E-state index contributed by atoms with van der Waals surface area (Å²) >= 11 is 0. The highest BCUT2D eigenvalue weighted by Crippen LogP contribution is 2.48. The number of ketones is 1. The first-order valence-corrected chi connectivity index (χ1v) is 11.3. The maximum atomic E-state index is 14.2. The highest BCUT2D eigenvalue weighted by molar-refractivity contribution is 6.23. The Labute approximate surface area is 204 Å². The number of hydrogen-bond acceptors (Lipinski definition) is 5. The molecule has 0 saturated carbocycles. The summed E-state index contributed by atoms with van der Waals surface area (Å²) in [5, 5.41) is 0. The van der Waals surface area contributed by atoms with Crippen LogP contribution in [0.4, 0.5) is 10.5 Å². The molecule has 0 radical (unpaired) electrons. The van der Waals surface area contributed by atoms with E-state index in [0.29, 0.717) is 28.1 Å². The summed E-state index contributed by atoms with van der Waals surface area (Å²) in [5.41, 5.74) is -0.198. The third-order valence-electron chi connectivity index (χ3n) is 5.75. The van der Waals surface area contributed by atoms with Gasteiger partial charge in [-0.3, -0.25) is 9.59 Å². The molecule has 2 amide bonds. The van der Waals surface area contributed by atoms with Gasteiger partial charge in [0.25, 0.3) is 5.91 Å². The van der Waals surface area contributed by atoms with Gasteiger partial charge in [-0.1, -0.05) is 66.7 Å². The Morgan fingerprint density at radius 1 is 0.914 bits per heavy atom. The van der Waals surface area contributed by atoms with Crippen molar-refractivity contribution in [1.82, 2.24) is 0 Å². The maximum Gasteiger partial charge on any atom is 0.421 e. The molecule has 178 valence electrons. The van der Waals surface area contributed by atoms with Gasteiger partial charge < -0.3 is 9.47 Å². The summed E-state index contributed by atoms with van der Waals surface area (Å²) in [5.74, 6) is -0.238. The summed E-state index contributed by atoms with van der Waals surface area (Å²) in [6.45, 7) is 5.22. The van der Waals surface area contributed by atoms with Crippen LogP contribution in [0.15, 0.2) is 91.0 Å². The van der Waals surface area contributed by atoms with E-state index in [-0.39, 0.29) is 5.78 Å². The van der Waals surface area contributed by atoms with E-state index >= 15 is 0 Å². The van der Waals surface area contributed by atoms with Crippen molar-refractivity contribution in [2.45, 2.75) is 31.8 Å². The lowest BCUT2D eigenvalue weighted by molar-refractivity contribution is -0.120. The fraction of sp³-hybridized carbons (Fsp3) is 0.207. The number of hydrogen-bond donors (Lipinski definition) is 0. The van der Waals surface area contributed by atoms with Crippen molar-refractivity contribution >= 4 is 23.5 Å². The minimum absolute atomic E-state index is 0.256. The zero-order valence-electron chi connectivity index (χ0n) is 20.1. The van der Waals surface area contributed by atoms with Crippen molar-refractivity contribution in [2.24, 2.45) is 0 Å². The fourth-order valence-electron chi connectivity index (χ4n) is 4.20. The summed E-state index contributed by atoms with van der Waals surface area (Å²) in [6, 6.07) is 22.9. The van der Waals surface area contributed by atoms with E-state index in [1.807, 2.05) is 6.07 Å². The van der Waals surface area contributed by atoms with E-state index in [1.165, 1.54) is 13.2 Å². The lowest BCUT2D eigenvalue weighted by Crippen LogP contribution is -2.45. The lowest BCUT2D eigenvalue weighted by Gasteiger charge is -2.27. The molecule has 6 nitrogen and oxygen atoms in total. The molecule has 35 heavy (non-hydrogen) atoms. The Bertz CT molecular complexity index is 1310. The van der Waals surface area contributed by atoms with Crippen LogP contribution < -0.4 is 9.64 Å². The van der Waals surface area contributed by atoms with Crippen LogP contribution in [0.3, 0.4) is 0 Å². The van der Waals surface area contributed by atoms with Gasteiger partial charge in [0.2, 0.25) is 0 Å². The number of para-hydroxylation sites is 1. The Balaban J connectivity index is 1.92. The average Bonchev–Trinajstić information content (AvgIpc) is 3.10. The summed E-state index contributed by atoms with van der Waals surface area (Å²) in [6.07, 6.45) is 2.19. The standard InChI is InChI=1S/C29H27NO5/c1-28(2,3)35-27(33)30-24-16-9-8-15-23(24)29(26(30)32,21-13-10-14-22(19-21)34-4)18-17-25(31)20-11-6-5-7-12-20/h5-19H,1-4H3/b18-17-/t29-/m0/s1. The monoisotopic (exact) mass is 469 g/mol. The smallest absolute Gasteiger partial charge is 0.421 e. The van der Waals surface area contributed by atoms with E-state index in [9.17, 15) is 14.4 Å². The second-order valence-electron chi connectivity index (χ2n) is 9.24. The van der Waals surface area contributed by atoms with Crippen LogP contribution in [0, 0.1) is 0 Å². The van der Waals surface area contributed by atoms with Crippen LogP contribution in [-0.2, 0) is 14.9 Å². The molecule has 4 rings (SSSR count). The molecule has 6 heteroatoms. The molecule has 3 aromatic rings.